The first-order valence-electron chi connectivity index (χ1n) is 8.99. The molecule has 0 aliphatic carbocycles. The fraction of sp³-hybridized carbons (Fsp3) is 0.238. The second-order valence-electron chi connectivity index (χ2n) is 6.40. The van der Waals surface area contributed by atoms with Gasteiger partial charge in [0.15, 0.2) is 11.5 Å². The molecule has 1 amide bonds. The number of nitrogens with zero attached hydrogens (tertiary/aromatic N) is 2. The van der Waals surface area contributed by atoms with Crippen LogP contribution in [0.1, 0.15) is 16.1 Å². The van der Waals surface area contributed by atoms with Crippen LogP contribution in [0.15, 0.2) is 47.8 Å². The van der Waals surface area contributed by atoms with Crippen LogP contribution in [0.5, 0.6) is 17.2 Å². The molecule has 1 aromatic heterocycles. The molecule has 2 aromatic carbocycles. The van der Waals surface area contributed by atoms with Crippen LogP contribution in [-0.4, -0.2) is 43.4 Å². The zero-order valence-corrected chi connectivity index (χ0v) is 17.7. The Hall–Kier alpha value is -3.27. The van der Waals surface area contributed by atoms with Crippen LogP contribution in [0.25, 0.3) is 10.6 Å². The highest BCUT2D eigenvalue weighted by molar-refractivity contribution is 7.13. The van der Waals surface area contributed by atoms with Crippen LogP contribution < -0.4 is 14.2 Å². The summed E-state index contributed by atoms with van der Waals surface area (Å²) in [5, 5.41) is 2.14. The summed E-state index contributed by atoms with van der Waals surface area (Å²) >= 11 is 1.25. The molecular formula is C21H19F3N2O4S. The SMILES string of the molecule is COc1cccc(-c2nc(C(=O)N(C)Cc3ccccc3OC(F)(F)F)cs2)c1OC. The quantitative estimate of drug-likeness (QED) is 0.505. The molecule has 6 nitrogen and oxygen atoms in total. The molecule has 0 saturated heterocycles. The highest BCUT2D eigenvalue weighted by Gasteiger charge is 2.32. The lowest BCUT2D eigenvalue weighted by Gasteiger charge is -2.19. The summed E-state index contributed by atoms with van der Waals surface area (Å²) in [7, 11) is 4.51. The fourth-order valence-corrected chi connectivity index (χ4v) is 3.75. The van der Waals surface area contributed by atoms with Crippen LogP contribution in [0.4, 0.5) is 13.2 Å². The Bertz CT molecular complexity index is 1070. The van der Waals surface area contributed by atoms with Gasteiger partial charge in [-0.15, -0.1) is 24.5 Å². The van der Waals surface area contributed by atoms with Crippen LogP contribution in [-0.2, 0) is 6.54 Å². The van der Waals surface area contributed by atoms with E-state index in [9.17, 15) is 18.0 Å². The van der Waals surface area contributed by atoms with Gasteiger partial charge in [-0.25, -0.2) is 4.98 Å². The summed E-state index contributed by atoms with van der Waals surface area (Å²) in [6, 6.07) is 11.0. The van der Waals surface area contributed by atoms with Gasteiger partial charge >= 0.3 is 6.36 Å². The number of amides is 1. The van der Waals surface area contributed by atoms with Crippen molar-refractivity contribution in [1.82, 2.24) is 9.88 Å². The number of methoxy groups -OCH3 is 2. The van der Waals surface area contributed by atoms with E-state index in [1.165, 1.54) is 55.7 Å². The van der Waals surface area contributed by atoms with Crippen molar-refractivity contribution in [3.05, 3.63) is 59.1 Å². The molecule has 0 atom stereocenters. The van der Waals surface area contributed by atoms with Gasteiger partial charge in [-0.05, 0) is 18.2 Å². The van der Waals surface area contributed by atoms with Crippen LogP contribution in [0.3, 0.4) is 0 Å². The molecule has 31 heavy (non-hydrogen) atoms. The van der Waals surface area contributed by atoms with Gasteiger partial charge < -0.3 is 19.1 Å². The number of benzene rings is 2. The predicted molar refractivity (Wildman–Crippen MR) is 110 cm³/mol. The largest absolute Gasteiger partial charge is 0.573 e. The van der Waals surface area contributed by atoms with Gasteiger partial charge in [0.2, 0.25) is 0 Å². The number of halogens is 3. The second kappa shape index (κ2) is 9.25. The zero-order valence-electron chi connectivity index (χ0n) is 16.9. The lowest BCUT2D eigenvalue weighted by molar-refractivity contribution is -0.275. The summed E-state index contributed by atoms with van der Waals surface area (Å²) in [6.45, 7) is -0.0829. The first-order chi connectivity index (χ1) is 14.7. The highest BCUT2D eigenvalue weighted by atomic mass is 32.1. The van der Waals surface area contributed by atoms with Crippen LogP contribution in [0.2, 0.25) is 0 Å². The van der Waals surface area contributed by atoms with Crippen LogP contribution in [0, 0.1) is 0 Å². The molecule has 0 aliphatic rings. The van der Waals surface area contributed by atoms with Gasteiger partial charge in [-0.3, -0.25) is 4.79 Å². The lowest BCUT2D eigenvalue weighted by Crippen LogP contribution is -2.27. The van der Waals surface area contributed by atoms with Crippen molar-refractivity contribution in [2.75, 3.05) is 21.3 Å². The maximum atomic E-state index is 12.8. The molecular weight excluding hydrogens is 433 g/mol. The Morgan fingerprint density at radius 2 is 1.77 bits per heavy atom. The number of thiazole rings is 1. The van der Waals surface area contributed by atoms with E-state index in [0.717, 1.165) is 0 Å². The summed E-state index contributed by atoms with van der Waals surface area (Å²) in [6.07, 6.45) is -4.82. The third-order valence-electron chi connectivity index (χ3n) is 4.31. The second-order valence-corrected chi connectivity index (χ2v) is 7.25. The molecule has 1 heterocycles. The molecule has 0 fully saturated rings. The minimum atomic E-state index is -4.82. The Morgan fingerprint density at radius 1 is 1.06 bits per heavy atom. The third kappa shape index (κ3) is 5.26. The molecule has 0 spiro atoms. The summed E-state index contributed by atoms with van der Waals surface area (Å²) in [5.74, 6) is 0.229. The molecule has 0 unspecified atom stereocenters. The normalized spacial score (nSPS) is 11.2. The van der Waals surface area contributed by atoms with Crippen molar-refractivity contribution in [1.29, 1.82) is 0 Å². The van der Waals surface area contributed by atoms with E-state index < -0.39 is 12.3 Å². The number of hydrogen-bond acceptors (Lipinski definition) is 6. The Labute approximate surface area is 180 Å². The molecule has 0 saturated carbocycles. The number of aromatic nitrogens is 1. The van der Waals surface area contributed by atoms with Crippen molar-refractivity contribution in [3.63, 3.8) is 0 Å². The molecule has 3 rings (SSSR count). The topological polar surface area (TPSA) is 60.9 Å². The number of carbonyl (C=O) groups excluding carboxylic acids is 1. The van der Waals surface area contributed by atoms with E-state index >= 15 is 0 Å². The molecule has 10 heteroatoms. The smallest absolute Gasteiger partial charge is 0.493 e. The van der Waals surface area contributed by atoms with E-state index in [1.807, 2.05) is 0 Å². The monoisotopic (exact) mass is 452 g/mol. The minimum Gasteiger partial charge on any atom is -0.493 e. The van der Waals surface area contributed by atoms with Gasteiger partial charge in [-0.2, -0.15) is 0 Å². The molecule has 0 aliphatic heterocycles. The van der Waals surface area contributed by atoms with Crippen molar-refractivity contribution >= 4 is 17.2 Å². The average molecular weight is 452 g/mol. The lowest BCUT2D eigenvalue weighted by atomic mass is 10.2. The number of carbonyl (C=O) groups is 1. The summed E-state index contributed by atoms with van der Waals surface area (Å²) < 4.78 is 52.6. The van der Waals surface area contributed by atoms with Gasteiger partial charge in [0.05, 0.1) is 19.8 Å². The average Bonchev–Trinajstić information content (AvgIpc) is 3.22. The molecule has 0 radical (unpaired) electrons. The molecule has 164 valence electrons. The first kappa shape index (κ1) is 22.4. The number of para-hydroxylation sites is 2. The van der Waals surface area contributed by atoms with Gasteiger partial charge in [0, 0.05) is 24.5 Å². The van der Waals surface area contributed by atoms with Crippen molar-refractivity contribution in [3.8, 4) is 27.8 Å². The van der Waals surface area contributed by atoms with Crippen molar-refractivity contribution < 1.29 is 32.2 Å². The Balaban J connectivity index is 1.81. The summed E-state index contributed by atoms with van der Waals surface area (Å²) in [5.41, 5.74) is 1.06. The molecule has 0 N–H and O–H groups in total. The number of rotatable bonds is 7. The van der Waals surface area contributed by atoms with Crippen molar-refractivity contribution in [2.24, 2.45) is 0 Å². The van der Waals surface area contributed by atoms with Crippen molar-refractivity contribution in [2.45, 2.75) is 12.9 Å². The summed E-state index contributed by atoms with van der Waals surface area (Å²) in [4.78, 5) is 18.5. The van der Waals surface area contributed by atoms with E-state index in [4.69, 9.17) is 9.47 Å². The number of hydrogen-bond donors (Lipinski definition) is 0. The Kier molecular flexibility index (Phi) is 6.69. The van der Waals surface area contributed by atoms with E-state index in [0.29, 0.717) is 22.1 Å². The van der Waals surface area contributed by atoms with E-state index in [2.05, 4.69) is 9.72 Å². The molecule has 3 aromatic rings. The first-order valence-corrected chi connectivity index (χ1v) is 9.87. The predicted octanol–water partition coefficient (Wildman–Crippen LogP) is 5.00. The van der Waals surface area contributed by atoms with E-state index in [-0.39, 0.29) is 23.6 Å². The zero-order chi connectivity index (χ0) is 22.6. The highest BCUT2D eigenvalue weighted by Crippen LogP contribution is 2.39. The van der Waals surface area contributed by atoms with Gasteiger partial charge in [0.1, 0.15) is 16.5 Å². The van der Waals surface area contributed by atoms with Gasteiger partial charge in [-0.1, -0.05) is 24.3 Å². The fourth-order valence-electron chi connectivity index (χ4n) is 2.93. The van der Waals surface area contributed by atoms with E-state index in [1.54, 1.807) is 29.6 Å². The van der Waals surface area contributed by atoms with Gasteiger partial charge in [0.25, 0.3) is 5.91 Å². The maximum absolute atomic E-state index is 12.8. The molecule has 0 bridgehead atoms. The number of ether oxygens (including phenoxy) is 3. The standard InChI is InChI=1S/C21H19F3N2O4S/c1-26(11-13-7-4-5-9-16(13)30-21(22,23)24)20(27)15-12-31-19(25-15)14-8-6-10-17(28-2)18(14)29-3/h4-10,12H,11H2,1-3H3. The number of alkyl halides is 3. The maximum Gasteiger partial charge on any atom is 0.573 e. The third-order valence-corrected chi connectivity index (χ3v) is 5.18. The van der Waals surface area contributed by atoms with Crippen LogP contribution >= 0.6 is 11.3 Å². The Morgan fingerprint density at radius 3 is 2.45 bits per heavy atom. The minimum absolute atomic E-state index is 0.0829.